The summed E-state index contributed by atoms with van der Waals surface area (Å²) in [5.41, 5.74) is -0.303. The normalized spacial score (nSPS) is 9.92. The molecule has 0 radical (unpaired) electrons. The van der Waals surface area contributed by atoms with Gasteiger partial charge in [0.2, 0.25) is 0 Å². The van der Waals surface area contributed by atoms with Gasteiger partial charge < -0.3 is 5.32 Å². The molecule has 0 spiro atoms. The molecule has 0 aliphatic rings. The minimum absolute atomic E-state index is 0.285. The highest BCUT2D eigenvalue weighted by Crippen LogP contribution is 2.24. The summed E-state index contributed by atoms with van der Waals surface area (Å²) in [6.45, 7) is 17.2. The van der Waals surface area contributed by atoms with Crippen LogP contribution in [0.15, 0.2) is 25.3 Å². The zero-order valence-electron chi connectivity index (χ0n) is 17.5. The lowest BCUT2D eigenvalue weighted by molar-refractivity contribution is -0.123. The lowest BCUT2D eigenvalue weighted by Crippen LogP contribution is -2.49. The number of allylic oxidation sites excluding steroid dienone is 2. The van der Waals surface area contributed by atoms with Crippen molar-refractivity contribution in [1.29, 1.82) is 0 Å². The maximum atomic E-state index is 12.0. The second-order valence-corrected chi connectivity index (χ2v) is 5.66. The second-order valence-electron chi connectivity index (χ2n) is 5.66. The van der Waals surface area contributed by atoms with Crippen molar-refractivity contribution in [2.24, 2.45) is 0 Å². The smallest absolute Gasteiger partial charge is 0.149 e. The van der Waals surface area contributed by atoms with Crippen LogP contribution in [0.2, 0.25) is 0 Å². The fraction of sp³-hybridized carbons (Fsp3) is 0.773. The molecule has 0 saturated carbocycles. The molecule has 0 rings (SSSR count). The molecule has 0 aliphatic heterocycles. The third kappa shape index (κ3) is 14.7. The Morgan fingerprint density at radius 1 is 0.833 bits per heavy atom. The van der Waals surface area contributed by atoms with E-state index in [4.69, 9.17) is 0 Å². The van der Waals surface area contributed by atoms with Gasteiger partial charge in [0.25, 0.3) is 0 Å². The van der Waals surface area contributed by atoms with E-state index < -0.39 is 0 Å². The van der Waals surface area contributed by atoms with Gasteiger partial charge in [-0.3, -0.25) is 4.79 Å². The Hall–Kier alpha value is -0.890. The van der Waals surface area contributed by atoms with Crippen molar-refractivity contribution >= 4 is 5.78 Å². The van der Waals surface area contributed by atoms with Crippen LogP contribution in [0.4, 0.5) is 0 Å². The van der Waals surface area contributed by atoms with Gasteiger partial charge in [0.15, 0.2) is 0 Å². The first-order valence-electron chi connectivity index (χ1n) is 10.0. The monoisotopic (exact) mass is 339 g/mol. The number of rotatable bonds is 14. The fourth-order valence-electron chi connectivity index (χ4n) is 2.69. The van der Waals surface area contributed by atoms with E-state index in [0.29, 0.717) is 0 Å². The number of carbonyl (C=O) groups is 1. The van der Waals surface area contributed by atoms with Crippen LogP contribution < -0.4 is 5.32 Å². The summed E-state index contributed by atoms with van der Waals surface area (Å²) >= 11 is 0. The molecule has 0 aliphatic carbocycles. The molecule has 0 heterocycles. The largest absolute Gasteiger partial charge is 0.308 e. The predicted octanol–water partition coefficient (Wildman–Crippen LogP) is 6.86. The summed E-state index contributed by atoms with van der Waals surface area (Å²) in [5.74, 6) is 0.285. The average Bonchev–Trinajstić information content (AvgIpc) is 2.63. The first kappa shape index (κ1) is 27.9. The van der Waals surface area contributed by atoms with Crippen molar-refractivity contribution < 1.29 is 4.79 Å². The molecule has 0 aromatic heterocycles. The molecule has 0 saturated heterocycles. The van der Waals surface area contributed by atoms with Crippen LogP contribution in [0.25, 0.3) is 0 Å². The molecular weight excluding hydrogens is 294 g/mol. The van der Waals surface area contributed by atoms with Gasteiger partial charge in [0.1, 0.15) is 5.78 Å². The number of hydrogen-bond acceptors (Lipinski definition) is 2. The van der Waals surface area contributed by atoms with Gasteiger partial charge in [-0.2, -0.15) is 0 Å². The quantitative estimate of drug-likeness (QED) is 0.277. The molecule has 0 aromatic carbocycles. The maximum absolute atomic E-state index is 12.0. The van der Waals surface area contributed by atoms with Crippen LogP contribution in [-0.4, -0.2) is 18.4 Å². The Morgan fingerprint density at radius 2 is 1.21 bits per heavy atom. The Kier molecular flexibility index (Phi) is 25.7. The number of nitrogens with one attached hydrogen (secondary N) is 1. The standard InChI is InChI=1S/C18H33NO.2C2H6/c1-5-7-9-11-13-15-18(19-4,17(3)20)16-14-12-10-8-6-2;2*1-2/h5-6,19H,1-2,7-16H2,3-4H3;2*1-2H3. The van der Waals surface area contributed by atoms with Gasteiger partial charge in [-0.1, -0.05) is 65.5 Å². The topological polar surface area (TPSA) is 29.1 Å². The van der Waals surface area contributed by atoms with Crippen LogP contribution in [0.3, 0.4) is 0 Å². The van der Waals surface area contributed by atoms with Gasteiger partial charge in [-0.25, -0.2) is 0 Å². The van der Waals surface area contributed by atoms with Crippen molar-refractivity contribution in [2.45, 2.75) is 104 Å². The first-order valence-corrected chi connectivity index (χ1v) is 10.0. The average molecular weight is 340 g/mol. The molecule has 0 bridgehead atoms. The summed E-state index contributed by atoms with van der Waals surface area (Å²) in [6, 6.07) is 0. The molecule has 0 unspecified atom stereocenters. The molecule has 144 valence electrons. The van der Waals surface area contributed by atoms with Crippen LogP contribution in [0, 0.1) is 0 Å². The Bertz CT molecular complexity index is 266. The lowest BCUT2D eigenvalue weighted by Gasteiger charge is -2.31. The van der Waals surface area contributed by atoms with Crippen LogP contribution in [0.1, 0.15) is 98.8 Å². The van der Waals surface area contributed by atoms with Gasteiger partial charge in [0, 0.05) is 0 Å². The molecule has 0 aromatic rings. The SMILES string of the molecule is C=CCCCCCC(CCCCCC=C)(NC)C(C)=O.CC.CC. The molecule has 2 nitrogen and oxygen atoms in total. The van der Waals surface area contributed by atoms with E-state index in [-0.39, 0.29) is 11.3 Å². The van der Waals surface area contributed by atoms with Crippen molar-refractivity contribution in [3.8, 4) is 0 Å². The first-order chi connectivity index (χ1) is 11.6. The molecule has 0 atom stereocenters. The fourth-order valence-corrected chi connectivity index (χ4v) is 2.69. The van der Waals surface area contributed by atoms with E-state index in [1.807, 2.05) is 46.9 Å². The van der Waals surface area contributed by atoms with E-state index in [9.17, 15) is 4.79 Å². The zero-order valence-corrected chi connectivity index (χ0v) is 17.5. The summed E-state index contributed by atoms with van der Waals surface area (Å²) < 4.78 is 0. The zero-order chi connectivity index (χ0) is 19.3. The molecular formula is C22H45NO. The van der Waals surface area contributed by atoms with E-state index >= 15 is 0 Å². The number of hydrogen-bond donors (Lipinski definition) is 1. The van der Waals surface area contributed by atoms with Gasteiger partial charge >= 0.3 is 0 Å². The highest BCUT2D eigenvalue weighted by molar-refractivity contribution is 5.86. The number of likely N-dealkylation sites (N-methyl/N-ethyl adjacent to an activating group) is 1. The van der Waals surface area contributed by atoms with Crippen LogP contribution >= 0.6 is 0 Å². The van der Waals surface area contributed by atoms with Crippen molar-refractivity contribution in [2.75, 3.05) is 7.05 Å². The van der Waals surface area contributed by atoms with E-state index in [1.54, 1.807) is 6.92 Å². The molecule has 24 heavy (non-hydrogen) atoms. The minimum atomic E-state index is -0.303. The Labute approximate surface area is 153 Å². The number of Topliss-reactive ketones (excluding diaryl/α,β-unsaturated/α-hetero) is 1. The molecule has 1 N–H and O–H groups in total. The third-order valence-electron chi connectivity index (χ3n) is 4.18. The van der Waals surface area contributed by atoms with E-state index in [2.05, 4.69) is 18.5 Å². The molecule has 2 heteroatoms. The summed E-state index contributed by atoms with van der Waals surface area (Å²) in [6.07, 6.45) is 14.9. The second kappa shape index (κ2) is 22.1. The van der Waals surface area contributed by atoms with Crippen LogP contribution in [0.5, 0.6) is 0 Å². The van der Waals surface area contributed by atoms with Crippen LogP contribution in [-0.2, 0) is 4.79 Å². The highest BCUT2D eigenvalue weighted by atomic mass is 16.1. The summed E-state index contributed by atoms with van der Waals surface area (Å²) in [4.78, 5) is 12.0. The molecule has 0 fully saturated rings. The Balaban J connectivity index is -0.00000102. The van der Waals surface area contributed by atoms with Gasteiger partial charge in [0.05, 0.1) is 5.54 Å². The third-order valence-corrected chi connectivity index (χ3v) is 4.18. The summed E-state index contributed by atoms with van der Waals surface area (Å²) in [5, 5.41) is 3.31. The number of ketones is 1. The number of carbonyl (C=O) groups excluding carboxylic acids is 1. The van der Waals surface area contributed by atoms with Crippen molar-refractivity contribution in [1.82, 2.24) is 5.32 Å². The van der Waals surface area contributed by atoms with Gasteiger partial charge in [-0.05, 0) is 52.5 Å². The van der Waals surface area contributed by atoms with E-state index in [0.717, 1.165) is 38.5 Å². The van der Waals surface area contributed by atoms with Crippen molar-refractivity contribution in [3.05, 3.63) is 25.3 Å². The number of unbranched alkanes of at least 4 members (excludes halogenated alkanes) is 6. The highest BCUT2D eigenvalue weighted by Gasteiger charge is 2.31. The van der Waals surface area contributed by atoms with E-state index in [1.165, 1.54) is 25.7 Å². The lowest BCUT2D eigenvalue weighted by atomic mass is 9.83. The summed E-state index contributed by atoms with van der Waals surface area (Å²) in [7, 11) is 1.93. The molecule has 0 amide bonds. The minimum Gasteiger partial charge on any atom is -0.308 e. The van der Waals surface area contributed by atoms with Gasteiger partial charge in [-0.15, -0.1) is 13.2 Å². The van der Waals surface area contributed by atoms with Crippen molar-refractivity contribution in [3.63, 3.8) is 0 Å². The predicted molar refractivity (Wildman–Crippen MR) is 112 cm³/mol. The Morgan fingerprint density at radius 3 is 1.46 bits per heavy atom. The maximum Gasteiger partial charge on any atom is 0.149 e.